The van der Waals surface area contributed by atoms with E-state index in [9.17, 15) is 0 Å². The molecule has 4 nitrogen and oxygen atoms in total. The van der Waals surface area contributed by atoms with Crippen LogP contribution >= 0.6 is 0 Å². The van der Waals surface area contributed by atoms with E-state index in [2.05, 4.69) is 15.3 Å². The van der Waals surface area contributed by atoms with E-state index in [-0.39, 0.29) is 0 Å². The fraction of sp³-hybridized carbons (Fsp3) is 0.429. The molecule has 0 aromatic carbocycles. The lowest BCUT2D eigenvalue weighted by molar-refractivity contribution is 0.395. The van der Waals surface area contributed by atoms with Gasteiger partial charge in [-0.25, -0.2) is 4.98 Å². The molecule has 0 radical (unpaired) electrons. The summed E-state index contributed by atoms with van der Waals surface area (Å²) in [5, 5.41) is 2.98. The Hall–Kier alpha value is -1.16. The molecule has 0 bridgehead atoms. The largest absolute Gasteiger partial charge is 0.480 e. The Morgan fingerprint density at radius 3 is 2.73 bits per heavy atom. The molecule has 4 heteroatoms. The van der Waals surface area contributed by atoms with E-state index in [1.165, 1.54) is 0 Å². The predicted molar refractivity (Wildman–Crippen MR) is 41.3 cm³/mol. The van der Waals surface area contributed by atoms with Crippen LogP contribution in [0.3, 0.4) is 0 Å². The lowest BCUT2D eigenvalue weighted by Crippen LogP contribution is -2.07. The van der Waals surface area contributed by atoms with Crippen LogP contribution in [0.4, 0.5) is 0 Å². The zero-order valence-electron chi connectivity index (χ0n) is 6.66. The van der Waals surface area contributed by atoms with Crippen molar-refractivity contribution in [2.75, 3.05) is 14.2 Å². The van der Waals surface area contributed by atoms with Gasteiger partial charge in [-0.3, -0.25) is 4.98 Å². The van der Waals surface area contributed by atoms with Gasteiger partial charge in [0, 0.05) is 6.54 Å². The van der Waals surface area contributed by atoms with Gasteiger partial charge in [0.1, 0.15) is 0 Å². The second kappa shape index (κ2) is 3.88. The molecule has 1 rings (SSSR count). The maximum atomic E-state index is 4.85. The van der Waals surface area contributed by atoms with Gasteiger partial charge in [0.15, 0.2) is 0 Å². The van der Waals surface area contributed by atoms with Gasteiger partial charge in [-0.15, -0.1) is 0 Å². The molecule has 60 valence electrons. The first-order chi connectivity index (χ1) is 5.36. The summed E-state index contributed by atoms with van der Waals surface area (Å²) in [6, 6.07) is 0. The molecule has 0 saturated heterocycles. The van der Waals surface area contributed by atoms with Gasteiger partial charge in [0.05, 0.1) is 25.2 Å². The van der Waals surface area contributed by atoms with Crippen molar-refractivity contribution in [3.8, 4) is 5.88 Å². The SMILES string of the molecule is CNCc1cnc(OC)cn1. The van der Waals surface area contributed by atoms with Crippen molar-refractivity contribution in [2.24, 2.45) is 0 Å². The van der Waals surface area contributed by atoms with Crippen molar-refractivity contribution in [2.45, 2.75) is 6.54 Å². The molecular weight excluding hydrogens is 142 g/mol. The molecule has 0 aliphatic carbocycles. The number of hydrogen-bond donors (Lipinski definition) is 1. The van der Waals surface area contributed by atoms with E-state index >= 15 is 0 Å². The van der Waals surface area contributed by atoms with Crippen LogP contribution in [0.25, 0.3) is 0 Å². The van der Waals surface area contributed by atoms with Gasteiger partial charge >= 0.3 is 0 Å². The van der Waals surface area contributed by atoms with Crippen molar-refractivity contribution in [3.05, 3.63) is 18.1 Å². The quantitative estimate of drug-likeness (QED) is 0.674. The minimum Gasteiger partial charge on any atom is -0.480 e. The minimum absolute atomic E-state index is 0.546. The van der Waals surface area contributed by atoms with Crippen molar-refractivity contribution in [3.63, 3.8) is 0 Å². The summed E-state index contributed by atoms with van der Waals surface area (Å²) in [6.07, 6.45) is 3.29. The van der Waals surface area contributed by atoms with E-state index in [4.69, 9.17) is 4.74 Å². The molecule has 1 heterocycles. The standard InChI is InChI=1S/C7H11N3O/c1-8-3-6-4-10-7(11-2)5-9-6/h4-5,8H,3H2,1-2H3. The third-order valence-electron chi connectivity index (χ3n) is 1.25. The molecule has 0 unspecified atom stereocenters. The van der Waals surface area contributed by atoms with Gasteiger partial charge in [-0.05, 0) is 7.05 Å². The highest BCUT2D eigenvalue weighted by atomic mass is 16.5. The maximum Gasteiger partial charge on any atom is 0.231 e. The molecule has 1 N–H and O–H groups in total. The van der Waals surface area contributed by atoms with E-state index in [0.717, 1.165) is 12.2 Å². The van der Waals surface area contributed by atoms with Gasteiger partial charge in [0.2, 0.25) is 5.88 Å². The summed E-state index contributed by atoms with van der Waals surface area (Å²) in [6.45, 7) is 0.733. The second-order valence-corrected chi connectivity index (χ2v) is 2.08. The zero-order valence-corrected chi connectivity index (χ0v) is 6.66. The first-order valence-corrected chi connectivity index (χ1v) is 3.36. The van der Waals surface area contributed by atoms with Crippen LogP contribution in [0.2, 0.25) is 0 Å². The Morgan fingerprint density at radius 2 is 2.27 bits per heavy atom. The monoisotopic (exact) mass is 153 g/mol. The van der Waals surface area contributed by atoms with Crippen LogP contribution in [0, 0.1) is 0 Å². The van der Waals surface area contributed by atoms with Crippen LogP contribution in [-0.2, 0) is 6.54 Å². The highest BCUT2D eigenvalue weighted by Crippen LogP contribution is 2.01. The van der Waals surface area contributed by atoms with Crippen LogP contribution in [0.5, 0.6) is 5.88 Å². The number of aromatic nitrogens is 2. The third-order valence-corrected chi connectivity index (χ3v) is 1.25. The first-order valence-electron chi connectivity index (χ1n) is 3.36. The van der Waals surface area contributed by atoms with Crippen molar-refractivity contribution >= 4 is 0 Å². The second-order valence-electron chi connectivity index (χ2n) is 2.08. The third kappa shape index (κ3) is 2.16. The minimum atomic E-state index is 0.546. The van der Waals surface area contributed by atoms with Crippen LogP contribution < -0.4 is 10.1 Å². The molecule has 0 amide bonds. The number of nitrogens with zero attached hydrogens (tertiary/aromatic N) is 2. The first kappa shape index (κ1) is 7.94. The van der Waals surface area contributed by atoms with E-state index < -0.39 is 0 Å². The Labute approximate surface area is 65.6 Å². The number of hydrogen-bond acceptors (Lipinski definition) is 4. The molecule has 0 fully saturated rings. The van der Waals surface area contributed by atoms with E-state index in [1.54, 1.807) is 19.5 Å². The van der Waals surface area contributed by atoms with Gasteiger partial charge in [-0.2, -0.15) is 0 Å². The highest BCUT2D eigenvalue weighted by Gasteiger charge is 1.93. The topological polar surface area (TPSA) is 47.0 Å². The van der Waals surface area contributed by atoms with E-state index in [1.807, 2.05) is 7.05 Å². The van der Waals surface area contributed by atoms with Crippen LogP contribution in [0.15, 0.2) is 12.4 Å². The fourth-order valence-corrected chi connectivity index (χ4v) is 0.721. The molecule has 0 atom stereocenters. The van der Waals surface area contributed by atoms with Crippen molar-refractivity contribution in [1.82, 2.24) is 15.3 Å². The Kier molecular flexibility index (Phi) is 2.80. The molecular formula is C7H11N3O. The highest BCUT2D eigenvalue weighted by molar-refractivity contribution is 5.06. The zero-order chi connectivity index (χ0) is 8.10. The number of rotatable bonds is 3. The summed E-state index contributed by atoms with van der Waals surface area (Å²) in [4.78, 5) is 8.08. The Morgan fingerprint density at radius 1 is 1.45 bits per heavy atom. The van der Waals surface area contributed by atoms with E-state index in [0.29, 0.717) is 5.88 Å². The summed E-state index contributed by atoms with van der Waals surface area (Å²) in [5.41, 5.74) is 0.910. The lowest BCUT2D eigenvalue weighted by atomic mass is 10.4. The molecule has 0 spiro atoms. The van der Waals surface area contributed by atoms with Crippen molar-refractivity contribution in [1.29, 1.82) is 0 Å². The summed E-state index contributed by atoms with van der Waals surface area (Å²) in [7, 11) is 3.44. The molecule has 0 aliphatic rings. The summed E-state index contributed by atoms with van der Waals surface area (Å²) >= 11 is 0. The predicted octanol–water partition coefficient (Wildman–Crippen LogP) is 0.205. The molecule has 11 heavy (non-hydrogen) atoms. The number of nitrogens with one attached hydrogen (secondary N) is 1. The van der Waals surface area contributed by atoms with Crippen molar-refractivity contribution < 1.29 is 4.74 Å². The van der Waals surface area contributed by atoms with Gasteiger partial charge in [-0.1, -0.05) is 0 Å². The average Bonchev–Trinajstić information content (AvgIpc) is 2.07. The van der Waals surface area contributed by atoms with Crippen LogP contribution in [0.1, 0.15) is 5.69 Å². The van der Waals surface area contributed by atoms with Crippen LogP contribution in [-0.4, -0.2) is 24.1 Å². The summed E-state index contributed by atoms with van der Waals surface area (Å²) < 4.78 is 4.85. The lowest BCUT2D eigenvalue weighted by Gasteiger charge is -1.99. The molecule has 1 aromatic heterocycles. The molecule has 1 aromatic rings. The van der Waals surface area contributed by atoms with Gasteiger partial charge < -0.3 is 10.1 Å². The smallest absolute Gasteiger partial charge is 0.231 e. The molecule has 0 aliphatic heterocycles. The molecule has 0 saturated carbocycles. The Balaban J connectivity index is 2.66. The average molecular weight is 153 g/mol. The number of methoxy groups -OCH3 is 1. The maximum absolute atomic E-state index is 4.85. The number of ether oxygens (including phenoxy) is 1. The normalized spacial score (nSPS) is 9.64. The Bertz CT molecular complexity index is 209. The fourth-order valence-electron chi connectivity index (χ4n) is 0.721. The summed E-state index contributed by atoms with van der Waals surface area (Å²) in [5.74, 6) is 0.546. The van der Waals surface area contributed by atoms with Gasteiger partial charge in [0.25, 0.3) is 0 Å².